The van der Waals surface area contributed by atoms with Crippen LogP contribution in [0.2, 0.25) is 0 Å². The highest BCUT2D eigenvalue weighted by molar-refractivity contribution is 6.20. The molecular weight excluding hydrogens is 751 g/mol. The molecule has 0 aliphatic carbocycles. The van der Waals surface area contributed by atoms with Gasteiger partial charge in [0.15, 0.2) is 0 Å². The van der Waals surface area contributed by atoms with Gasteiger partial charge in [-0.05, 0) is 103 Å². The highest BCUT2D eigenvalue weighted by Gasteiger charge is 2.27. The van der Waals surface area contributed by atoms with Gasteiger partial charge < -0.3 is 14.8 Å². The lowest BCUT2D eigenvalue weighted by Crippen LogP contribution is -2.34. The van der Waals surface area contributed by atoms with Gasteiger partial charge in [-0.25, -0.2) is 0 Å². The molecule has 2 heterocycles. The van der Waals surface area contributed by atoms with Crippen molar-refractivity contribution in [3.63, 3.8) is 0 Å². The first kappa shape index (κ1) is 36.0. The fraction of sp³-hybridized carbons (Fsp3) is 0.0508. The van der Waals surface area contributed by atoms with Crippen LogP contribution in [0, 0.1) is 0 Å². The number of fused-ring (bicyclic) bond motifs is 9. The molecule has 1 unspecified atom stereocenters. The van der Waals surface area contributed by atoms with Crippen molar-refractivity contribution in [3.8, 4) is 50.2 Å². The molecule has 1 atom stereocenters. The summed E-state index contributed by atoms with van der Waals surface area (Å²) in [6.07, 6.45) is 0. The quantitative estimate of drug-likeness (QED) is 0.169. The summed E-state index contributed by atoms with van der Waals surface area (Å²) in [5.41, 5.74) is 17.1. The number of benzene rings is 10. The van der Waals surface area contributed by atoms with E-state index >= 15 is 0 Å². The van der Waals surface area contributed by atoms with Gasteiger partial charge in [-0.15, -0.1) is 0 Å². The number of hydrogen-bond donors (Lipinski definition) is 1. The van der Waals surface area contributed by atoms with Crippen LogP contribution >= 0.6 is 0 Å². The number of nitrogens with one attached hydrogen (secondary N) is 1. The average molecular weight is 794 g/mol. The van der Waals surface area contributed by atoms with Crippen LogP contribution in [-0.4, -0.2) is 18.2 Å². The van der Waals surface area contributed by atoms with Crippen LogP contribution in [0.5, 0.6) is 0 Å². The lowest BCUT2D eigenvalue weighted by molar-refractivity contribution is 0.730. The van der Waals surface area contributed by atoms with E-state index in [1.54, 1.807) is 0 Å². The van der Waals surface area contributed by atoms with Gasteiger partial charge in [-0.1, -0.05) is 176 Å². The summed E-state index contributed by atoms with van der Waals surface area (Å²) in [7, 11) is 2.23. The Morgan fingerprint density at radius 1 is 0.371 bits per heavy atom. The Labute approximate surface area is 361 Å². The molecule has 294 valence electrons. The topological polar surface area (TPSA) is 20.2 Å². The molecule has 0 saturated carbocycles. The lowest BCUT2D eigenvalue weighted by Gasteiger charge is -2.37. The van der Waals surface area contributed by atoms with Crippen molar-refractivity contribution in [2.45, 2.75) is 6.04 Å². The molecule has 1 N–H and O–H groups in total. The maximum Gasteiger partial charge on any atom is 0.0689 e. The third kappa shape index (κ3) is 6.04. The Balaban J connectivity index is 0.799. The molecule has 62 heavy (non-hydrogen) atoms. The zero-order chi connectivity index (χ0) is 41.1. The first-order valence-corrected chi connectivity index (χ1v) is 21.6. The Kier molecular flexibility index (Phi) is 8.53. The summed E-state index contributed by atoms with van der Waals surface area (Å²) in [5.74, 6) is 0. The number of likely N-dealkylation sites (N-methyl/N-ethyl adjacent to an activating group) is 1. The molecule has 1 aromatic heterocycles. The summed E-state index contributed by atoms with van der Waals surface area (Å²) < 4.78 is 2.37. The maximum atomic E-state index is 3.97. The van der Waals surface area contributed by atoms with E-state index in [0.29, 0.717) is 0 Å². The summed E-state index contributed by atoms with van der Waals surface area (Å²) in [6.45, 7) is 0.889. The van der Waals surface area contributed by atoms with Crippen LogP contribution in [-0.2, 0) is 0 Å². The summed E-state index contributed by atoms with van der Waals surface area (Å²) >= 11 is 0. The van der Waals surface area contributed by atoms with E-state index in [2.05, 4.69) is 240 Å². The maximum absolute atomic E-state index is 3.97. The van der Waals surface area contributed by atoms with Crippen molar-refractivity contribution < 1.29 is 0 Å². The summed E-state index contributed by atoms with van der Waals surface area (Å²) in [4.78, 5) is 2.43. The highest BCUT2D eigenvalue weighted by Crippen LogP contribution is 2.46. The van der Waals surface area contributed by atoms with Gasteiger partial charge >= 0.3 is 0 Å². The highest BCUT2D eigenvalue weighted by atomic mass is 15.2. The van der Waals surface area contributed by atoms with Crippen molar-refractivity contribution >= 4 is 54.7 Å². The predicted molar refractivity (Wildman–Crippen MR) is 264 cm³/mol. The minimum Gasteiger partial charge on any atom is -0.374 e. The third-order valence-corrected chi connectivity index (χ3v) is 13.0. The average Bonchev–Trinajstić information content (AvgIpc) is 3.68. The monoisotopic (exact) mass is 793 g/mol. The van der Waals surface area contributed by atoms with Crippen molar-refractivity contribution in [1.82, 2.24) is 4.57 Å². The van der Waals surface area contributed by atoms with Crippen LogP contribution in [0.1, 0.15) is 11.6 Å². The SMILES string of the molecule is CN1CC(c2ccc(-c3cccc(-c4cccc(-c5ccc(-c6ccc7c(c6)c6ccccc6n7-c6ccccc6)cc5)c4)c3)cc2)Nc2c1c1ccccc1c1ccccc21. The predicted octanol–water partition coefficient (Wildman–Crippen LogP) is 15.4. The smallest absolute Gasteiger partial charge is 0.0689 e. The molecule has 0 saturated heterocycles. The van der Waals surface area contributed by atoms with Crippen molar-refractivity contribution in [1.29, 1.82) is 0 Å². The fourth-order valence-corrected chi connectivity index (χ4v) is 9.97. The number of hydrogen-bond acceptors (Lipinski definition) is 2. The third-order valence-electron chi connectivity index (χ3n) is 13.0. The van der Waals surface area contributed by atoms with Gasteiger partial charge in [0.2, 0.25) is 0 Å². The lowest BCUT2D eigenvalue weighted by atomic mass is 9.93. The number of para-hydroxylation sites is 2. The van der Waals surface area contributed by atoms with Gasteiger partial charge in [0.1, 0.15) is 0 Å². The van der Waals surface area contributed by atoms with Gasteiger partial charge in [0.25, 0.3) is 0 Å². The van der Waals surface area contributed by atoms with E-state index in [9.17, 15) is 0 Å². The number of aromatic nitrogens is 1. The first-order valence-electron chi connectivity index (χ1n) is 21.6. The van der Waals surface area contributed by atoms with Gasteiger partial charge in [0, 0.05) is 40.8 Å². The molecule has 0 fully saturated rings. The standard InChI is InChI=1S/C59H43N3/c1-61-38-55(60-58-52-22-7-5-19-49(52)50-20-6-8-23-53(50)59(58)61)42-31-29-40(30-32-42)44-14-12-16-46(36-44)45-15-11-13-43(35-45)39-25-27-41(28-26-39)47-33-34-57-54(37-47)51-21-9-10-24-56(51)62(57)48-17-3-2-4-18-48/h2-37,55,60H,38H2,1H3. The molecule has 3 heteroatoms. The van der Waals surface area contributed by atoms with Crippen LogP contribution in [0.3, 0.4) is 0 Å². The summed E-state index contributed by atoms with van der Waals surface area (Å²) in [6, 6.07) is 80.0. The van der Waals surface area contributed by atoms with E-state index in [4.69, 9.17) is 0 Å². The molecule has 0 bridgehead atoms. The minimum atomic E-state index is 0.172. The number of anilines is 2. The minimum absolute atomic E-state index is 0.172. The molecule has 3 nitrogen and oxygen atoms in total. The first-order chi connectivity index (χ1) is 30.6. The van der Waals surface area contributed by atoms with Crippen LogP contribution in [0.4, 0.5) is 11.4 Å². The normalized spacial score (nSPS) is 13.8. The molecule has 0 radical (unpaired) electrons. The molecule has 1 aliphatic rings. The number of rotatable bonds is 6. The van der Waals surface area contributed by atoms with Gasteiger partial charge in [0.05, 0.1) is 28.5 Å². The van der Waals surface area contributed by atoms with E-state index in [-0.39, 0.29) is 6.04 Å². The largest absolute Gasteiger partial charge is 0.374 e. The number of nitrogens with zero attached hydrogens (tertiary/aromatic N) is 2. The van der Waals surface area contributed by atoms with E-state index in [1.165, 1.54) is 110 Å². The van der Waals surface area contributed by atoms with E-state index in [1.807, 2.05) is 0 Å². The molecule has 12 rings (SSSR count). The molecule has 0 spiro atoms. The van der Waals surface area contributed by atoms with Crippen LogP contribution in [0.25, 0.3) is 93.5 Å². The Hall–Kier alpha value is -7.88. The second kappa shape index (κ2) is 14.7. The van der Waals surface area contributed by atoms with Gasteiger partial charge in [-0.2, -0.15) is 0 Å². The summed E-state index contributed by atoms with van der Waals surface area (Å²) in [5, 5.41) is 11.7. The van der Waals surface area contributed by atoms with E-state index < -0.39 is 0 Å². The fourth-order valence-electron chi connectivity index (χ4n) is 9.97. The molecule has 1 aliphatic heterocycles. The van der Waals surface area contributed by atoms with Crippen molar-refractivity contribution in [3.05, 3.63) is 224 Å². The van der Waals surface area contributed by atoms with Gasteiger partial charge in [-0.3, -0.25) is 0 Å². The molecule has 10 aromatic carbocycles. The van der Waals surface area contributed by atoms with Crippen molar-refractivity contribution in [2.75, 3.05) is 23.8 Å². The van der Waals surface area contributed by atoms with Crippen molar-refractivity contribution in [2.24, 2.45) is 0 Å². The van der Waals surface area contributed by atoms with Crippen LogP contribution in [0.15, 0.2) is 218 Å². The molecular formula is C59H43N3. The molecule has 11 aromatic rings. The van der Waals surface area contributed by atoms with E-state index in [0.717, 1.165) is 6.54 Å². The zero-order valence-electron chi connectivity index (χ0n) is 34.5. The molecule has 0 amide bonds. The second-order valence-electron chi connectivity index (χ2n) is 16.7. The Morgan fingerprint density at radius 2 is 0.839 bits per heavy atom. The second-order valence-corrected chi connectivity index (χ2v) is 16.7. The Bertz CT molecular complexity index is 3470. The Morgan fingerprint density at radius 3 is 1.48 bits per heavy atom. The van der Waals surface area contributed by atoms with Crippen LogP contribution < -0.4 is 10.2 Å². The zero-order valence-corrected chi connectivity index (χ0v) is 34.5.